The first-order valence-electron chi connectivity index (χ1n) is 11.5. The summed E-state index contributed by atoms with van der Waals surface area (Å²) in [4.78, 5) is 28.3. The van der Waals surface area contributed by atoms with Gasteiger partial charge in [0.15, 0.2) is 0 Å². The van der Waals surface area contributed by atoms with E-state index < -0.39 is 40.2 Å². The topological polar surface area (TPSA) is 86.8 Å². The lowest BCUT2D eigenvalue weighted by Gasteiger charge is -2.32. The number of likely N-dealkylation sites (N-methyl/N-ethyl adjacent to an activating group) is 1. The Bertz CT molecular complexity index is 1250. The van der Waals surface area contributed by atoms with Crippen LogP contribution in [0.2, 0.25) is 0 Å². The predicted octanol–water partition coefficient (Wildman–Crippen LogP) is 3.15. The molecular formula is C27H30FN3O4S. The van der Waals surface area contributed by atoms with Crippen molar-refractivity contribution in [2.75, 3.05) is 26.4 Å². The van der Waals surface area contributed by atoms with E-state index in [0.717, 1.165) is 16.1 Å². The van der Waals surface area contributed by atoms with E-state index in [-0.39, 0.29) is 6.54 Å². The first-order valence-corrected chi connectivity index (χ1v) is 13.3. The molecule has 0 fully saturated rings. The zero-order chi connectivity index (χ0) is 26.1. The number of amides is 2. The summed E-state index contributed by atoms with van der Waals surface area (Å²) in [6, 6.07) is 23.1. The van der Waals surface area contributed by atoms with Crippen LogP contribution in [0.25, 0.3) is 0 Å². The van der Waals surface area contributed by atoms with Gasteiger partial charge in [0.1, 0.15) is 11.9 Å². The SMILES string of the molecule is CN(CC(=O)N(Cc1ccc(F)cc1)[C@@H](C(=O)NCCc1ccccc1)c1ccccc1)S(C)(=O)=O. The Morgan fingerprint density at radius 3 is 2.06 bits per heavy atom. The molecule has 7 nitrogen and oxygen atoms in total. The lowest BCUT2D eigenvalue weighted by Crippen LogP contribution is -2.47. The summed E-state index contributed by atoms with van der Waals surface area (Å²) >= 11 is 0. The van der Waals surface area contributed by atoms with Crippen molar-refractivity contribution < 1.29 is 22.4 Å². The number of sulfonamides is 1. The van der Waals surface area contributed by atoms with Gasteiger partial charge in [0, 0.05) is 20.1 Å². The average molecular weight is 512 g/mol. The smallest absolute Gasteiger partial charge is 0.247 e. The Kier molecular flexibility index (Phi) is 9.32. The third-order valence-electron chi connectivity index (χ3n) is 5.74. The molecule has 36 heavy (non-hydrogen) atoms. The number of halogens is 1. The van der Waals surface area contributed by atoms with Crippen molar-refractivity contribution in [3.05, 3.63) is 107 Å². The number of nitrogens with one attached hydrogen (secondary N) is 1. The summed E-state index contributed by atoms with van der Waals surface area (Å²) in [5, 5.41) is 2.92. The van der Waals surface area contributed by atoms with E-state index in [1.165, 1.54) is 36.2 Å². The first-order chi connectivity index (χ1) is 17.1. The third-order valence-corrected chi connectivity index (χ3v) is 7.00. The fraction of sp³-hybridized carbons (Fsp3) is 0.259. The van der Waals surface area contributed by atoms with Crippen molar-refractivity contribution in [1.82, 2.24) is 14.5 Å². The molecule has 1 N–H and O–H groups in total. The highest BCUT2D eigenvalue weighted by Crippen LogP contribution is 2.24. The highest BCUT2D eigenvalue weighted by molar-refractivity contribution is 7.88. The van der Waals surface area contributed by atoms with Crippen molar-refractivity contribution in [3.8, 4) is 0 Å². The number of carbonyl (C=O) groups is 2. The van der Waals surface area contributed by atoms with Crippen LogP contribution >= 0.6 is 0 Å². The van der Waals surface area contributed by atoms with Crippen LogP contribution in [0.3, 0.4) is 0 Å². The molecule has 190 valence electrons. The van der Waals surface area contributed by atoms with Gasteiger partial charge in [0.25, 0.3) is 0 Å². The maximum absolute atomic E-state index is 13.5. The largest absolute Gasteiger partial charge is 0.354 e. The van der Waals surface area contributed by atoms with Crippen LogP contribution in [-0.4, -0.2) is 55.8 Å². The molecule has 3 rings (SSSR count). The highest BCUT2D eigenvalue weighted by Gasteiger charge is 2.32. The Hall–Kier alpha value is -3.56. The van der Waals surface area contributed by atoms with E-state index in [9.17, 15) is 22.4 Å². The Balaban J connectivity index is 1.91. The molecule has 1 atom stereocenters. The van der Waals surface area contributed by atoms with Crippen LogP contribution in [0.4, 0.5) is 4.39 Å². The van der Waals surface area contributed by atoms with Gasteiger partial charge in [0.05, 0.1) is 12.8 Å². The molecule has 0 aliphatic carbocycles. The number of benzene rings is 3. The van der Waals surface area contributed by atoms with Crippen molar-refractivity contribution >= 4 is 21.8 Å². The minimum absolute atomic E-state index is 0.0115. The van der Waals surface area contributed by atoms with E-state index in [4.69, 9.17) is 0 Å². The van der Waals surface area contributed by atoms with E-state index in [1.807, 2.05) is 30.3 Å². The summed E-state index contributed by atoms with van der Waals surface area (Å²) in [6.07, 6.45) is 1.62. The monoisotopic (exact) mass is 511 g/mol. The van der Waals surface area contributed by atoms with Crippen LogP contribution < -0.4 is 5.32 Å². The Labute approximate surface area is 211 Å². The molecule has 9 heteroatoms. The van der Waals surface area contributed by atoms with Crippen molar-refractivity contribution in [2.45, 2.75) is 19.0 Å². The molecule has 0 aliphatic heterocycles. The summed E-state index contributed by atoms with van der Waals surface area (Å²) in [5.41, 5.74) is 2.24. The number of rotatable bonds is 11. The van der Waals surface area contributed by atoms with Crippen molar-refractivity contribution in [1.29, 1.82) is 0 Å². The molecule has 0 radical (unpaired) electrons. The molecule has 0 spiro atoms. The zero-order valence-electron chi connectivity index (χ0n) is 20.3. The highest BCUT2D eigenvalue weighted by atomic mass is 32.2. The van der Waals surface area contributed by atoms with E-state index in [0.29, 0.717) is 24.1 Å². The third kappa shape index (κ3) is 7.73. The predicted molar refractivity (Wildman–Crippen MR) is 137 cm³/mol. The van der Waals surface area contributed by atoms with Gasteiger partial charge in [-0.3, -0.25) is 9.59 Å². The molecule has 0 bridgehead atoms. The second-order valence-corrected chi connectivity index (χ2v) is 10.6. The fourth-order valence-corrected chi connectivity index (χ4v) is 4.03. The Morgan fingerprint density at radius 1 is 0.889 bits per heavy atom. The van der Waals surface area contributed by atoms with Gasteiger partial charge in [0.2, 0.25) is 21.8 Å². The van der Waals surface area contributed by atoms with Crippen LogP contribution in [-0.2, 0) is 32.6 Å². The minimum Gasteiger partial charge on any atom is -0.354 e. The molecule has 0 aliphatic rings. The number of nitrogens with zero attached hydrogens (tertiary/aromatic N) is 2. The van der Waals surface area contributed by atoms with Crippen LogP contribution in [0, 0.1) is 5.82 Å². The second kappa shape index (κ2) is 12.4. The molecule has 0 saturated carbocycles. The second-order valence-electron chi connectivity index (χ2n) is 8.51. The van der Waals surface area contributed by atoms with Crippen LogP contribution in [0.1, 0.15) is 22.7 Å². The van der Waals surface area contributed by atoms with Gasteiger partial charge >= 0.3 is 0 Å². The number of hydrogen-bond acceptors (Lipinski definition) is 4. The first kappa shape index (κ1) is 27.0. The molecule has 3 aromatic carbocycles. The summed E-state index contributed by atoms with van der Waals surface area (Å²) in [6.45, 7) is -0.100. The molecule has 2 amide bonds. The summed E-state index contributed by atoms with van der Waals surface area (Å²) in [7, 11) is -2.32. The lowest BCUT2D eigenvalue weighted by molar-refractivity contribution is -0.141. The van der Waals surface area contributed by atoms with E-state index in [1.54, 1.807) is 30.3 Å². The lowest BCUT2D eigenvalue weighted by atomic mass is 10.0. The molecule has 0 heterocycles. The van der Waals surface area contributed by atoms with Crippen LogP contribution in [0.15, 0.2) is 84.9 Å². The van der Waals surface area contributed by atoms with Crippen LogP contribution in [0.5, 0.6) is 0 Å². The molecular weight excluding hydrogens is 481 g/mol. The van der Waals surface area contributed by atoms with Gasteiger partial charge in [-0.05, 0) is 35.2 Å². The summed E-state index contributed by atoms with van der Waals surface area (Å²) < 4.78 is 38.4. The normalized spacial score (nSPS) is 12.2. The van der Waals surface area contributed by atoms with Gasteiger partial charge in [-0.25, -0.2) is 12.8 Å². The molecule has 0 unspecified atom stereocenters. The number of carbonyl (C=O) groups excluding carboxylic acids is 2. The van der Waals surface area contributed by atoms with Crippen molar-refractivity contribution in [2.24, 2.45) is 0 Å². The zero-order valence-corrected chi connectivity index (χ0v) is 21.1. The molecule has 3 aromatic rings. The molecule has 0 saturated heterocycles. The van der Waals surface area contributed by atoms with Gasteiger partial charge < -0.3 is 10.2 Å². The standard InChI is InChI=1S/C27H30FN3O4S/c1-30(36(2,34)35)20-25(32)31(19-22-13-15-24(28)16-14-22)26(23-11-7-4-8-12-23)27(33)29-18-17-21-9-5-3-6-10-21/h3-16,26H,17-20H2,1-2H3,(H,29,33)/t26-/m1/s1. The van der Waals surface area contributed by atoms with E-state index in [2.05, 4.69) is 5.32 Å². The average Bonchev–Trinajstić information content (AvgIpc) is 2.85. The van der Waals surface area contributed by atoms with Gasteiger partial charge in [-0.1, -0.05) is 72.8 Å². The minimum atomic E-state index is -3.63. The Morgan fingerprint density at radius 2 is 1.47 bits per heavy atom. The maximum atomic E-state index is 13.5. The quantitative estimate of drug-likeness (QED) is 0.429. The van der Waals surface area contributed by atoms with Crippen molar-refractivity contribution in [3.63, 3.8) is 0 Å². The fourth-order valence-electron chi connectivity index (χ4n) is 3.69. The summed E-state index contributed by atoms with van der Waals surface area (Å²) in [5.74, 6) is -1.37. The number of hydrogen-bond donors (Lipinski definition) is 1. The molecule has 0 aromatic heterocycles. The van der Waals surface area contributed by atoms with Gasteiger partial charge in [-0.2, -0.15) is 4.31 Å². The van der Waals surface area contributed by atoms with Gasteiger partial charge in [-0.15, -0.1) is 0 Å². The maximum Gasteiger partial charge on any atom is 0.247 e. The van der Waals surface area contributed by atoms with E-state index >= 15 is 0 Å².